The Morgan fingerprint density at radius 2 is 2.00 bits per heavy atom. The third-order valence-electron chi connectivity index (χ3n) is 2.75. The Balaban J connectivity index is 2.30. The summed E-state index contributed by atoms with van der Waals surface area (Å²) in [4.78, 5) is 4.42. The summed E-state index contributed by atoms with van der Waals surface area (Å²) in [5, 5.41) is 1.98. The van der Waals surface area contributed by atoms with Gasteiger partial charge in [-0.15, -0.1) is 0 Å². The van der Waals surface area contributed by atoms with Crippen LogP contribution in [0.15, 0.2) is 30.5 Å². The Hall–Kier alpha value is -1.08. The van der Waals surface area contributed by atoms with Gasteiger partial charge < -0.3 is 0 Å². The molecule has 1 nitrogen and oxygen atoms in total. The third-order valence-corrected chi connectivity index (χ3v) is 3.18. The van der Waals surface area contributed by atoms with Crippen molar-refractivity contribution in [3.8, 4) is 0 Å². The number of hydrogen-bond donors (Lipinski definition) is 0. The number of pyridine rings is 1. The van der Waals surface area contributed by atoms with Crippen molar-refractivity contribution in [3.05, 3.63) is 41.0 Å². The van der Waals surface area contributed by atoms with Gasteiger partial charge in [0.2, 0.25) is 0 Å². The van der Waals surface area contributed by atoms with Crippen LogP contribution in [0.4, 0.5) is 0 Å². The lowest BCUT2D eigenvalue weighted by molar-refractivity contribution is 1.11. The topological polar surface area (TPSA) is 12.9 Å². The number of nitrogens with zero attached hydrogens (tertiary/aromatic N) is 1. The number of halogens is 1. The molecule has 0 bridgehead atoms. The summed E-state index contributed by atoms with van der Waals surface area (Å²) in [5.74, 6) is 0.666. The molecule has 0 unspecified atom stereocenters. The fourth-order valence-electron chi connectivity index (χ4n) is 1.80. The Kier molecular flexibility index (Phi) is 1.74. The van der Waals surface area contributed by atoms with Gasteiger partial charge >= 0.3 is 0 Å². The van der Waals surface area contributed by atoms with Crippen LogP contribution in [0.5, 0.6) is 0 Å². The van der Waals surface area contributed by atoms with Crippen molar-refractivity contribution in [2.24, 2.45) is 0 Å². The fraction of sp³-hybridized carbons (Fsp3) is 0.250. The van der Waals surface area contributed by atoms with Gasteiger partial charge in [0.15, 0.2) is 0 Å². The lowest BCUT2D eigenvalue weighted by Crippen LogP contribution is -1.86. The van der Waals surface area contributed by atoms with E-state index in [4.69, 9.17) is 11.6 Å². The first-order valence-electron chi connectivity index (χ1n) is 4.89. The maximum Gasteiger partial charge on any atom is 0.0717 e. The number of hydrogen-bond acceptors (Lipinski definition) is 1. The molecule has 14 heavy (non-hydrogen) atoms. The summed E-state index contributed by atoms with van der Waals surface area (Å²) in [6, 6.07) is 8.03. The van der Waals surface area contributed by atoms with Crippen molar-refractivity contribution >= 4 is 22.5 Å². The molecular weight excluding hydrogens is 194 g/mol. The van der Waals surface area contributed by atoms with Gasteiger partial charge in [-0.2, -0.15) is 0 Å². The van der Waals surface area contributed by atoms with Crippen LogP contribution in [0.1, 0.15) is 24.3 Å². The van der Waals surface area contributed by atoms with Crippen LogP contribution in [0.3, 0.4) is 0 Å². The standard InChI is InChI=1S/C12H10ClN/c13-12-9-3-1-2-4-11(9)14-7-10(12)8-5-6-8/h1-4,7-8H,5-6H2. The molecule has 1 aromatic carbocycles. The minimum Gasteiger partial charge on any atom is -0.256 e. The molecule has 1 aliphatic carbocycles. The maximum atomic E-state index is 6.34. The molecule has 0 aliphatic heterocycles. The van der Waals surface area contributed by atoms with Crippen molar-refractivity contribution in [1.82, 2.24) is 4.98 Å². The highest BCUT2D eigenvalue weighted by Crippen LogP contribution is 2.44. The fourth-order valence-corrected chi connectivity index (χ4v) is 2.16. The second kappa shape index (κ2) is 2.96. The van der Waals surface area contributed by atoms with E-state index in [1.165, 1.54) is 18.4 Å². The number of rotatable bonds is 1. The van der Waals surface area contributed by atoms with Gasteiger partial charge in [0, 0.05) is 11.6 Å². The zero-order valence-corrected chi connectivity index (χ0v) is 8.46. The van der Waals surface area contributed by atoms with E-state index in [9.17, 15) is 0 Å². The van der Waals surface area contributed by atoms with E-state index in [2.05, 4.69) is 4.98 Å². The average Bonchev–Trinajstić information content (AvgIpc) is 3.03. The van der Waals surface area contributed by atoms with Gasteiger partial charge in [-0.05, 0) is 30.4 Å². The number of aromatic nitrogens is 1. The van der Waals surface area contributed by atoms with Crippen molar-refractivity contribution in [1.29, 1.82) is 0 Å². The van der Waals surface area contributed by atoms with Gasteiger partial charge in [-0.3, -0.25) is 4.98 Å². The molecule has 0 radical (unpaired) electrons. The Bertz CT molecular complexity index is 489. The summed E-state index contributed by atoms with van der Waals surface area (Å²) < 4.78 is 0. The largest absolute Gasteiger partial charge is 0.256 e. The molecule has 1 saturated carbocycles. The lowest BCUT2D eigenvalue weighted by Gasteiger charge is -2.04. The molecule has 2 aromatic rings. The predicted octanol–water partition coefficient (Wildman–Crippen LogP) is 3.77. The molecule has 0 amide bonds. The monoisotopic (exact) mass is 203 g/mol. The molecule has 1 aromatic heterocycles. The number of benzene rings is 1. The molecular formula is C12H10ClN. The van der Waals surface area contributed by atoms with Crippen LogP contribution >= 0.6 is 11.6 Å². The van der Waals surface area contributed by atoms with E-state index in [-0.39, 0.29) is 0 Å². The van der Waals surface area contributed by atoms with Gasteiger partial charge in [0.1, 0.15) is 0 Å². The average molecular weight is 204 g/mol. The van der Waals surface area contributed by atoms with E-state index in [1.54, 1.807) is 0 Å². The van der Waals surface area contributed by atoms with Crippen molar-refractivity contribution in [3.63, 3.8) is 0 Å². The lowest BCUT2D eigenvalue weighted by atomic mass is 10.1. The first kappa shape index (κ1) is 8.25. The molecule has 0 N–H and O–H groups in total. The van der Waals surface area contributed by atoms with Gasteiger partial charge in [0.25, 0.3) is 0 Å². The summed E-state index contributed by atoms with van der Waals surface area (Å²) in [6.07, 6.45) is 4.46. The second-order valence-corrected chi connectivity index (χ2v) is 4.20. The van der Waals surface area contributed by atoms with Gasteiger partial charge in [-0.25, -0.2) is 0 Å². The molecule has 1 heterocycles. The van der Waals surface area contributed by atoms with Crippen LogP contribution in [0, 0.1) is 0 Å². The Morgan fingerprint density at radius 1 is 1.21 bits per heavy atom. The SMILES string of the molecule is Clc1c(C2CC2)cnc2ccccc12. The van der Waals surface area contributed by atoms with E-state index in [0.717, 1.165) is 15.9 Å². The molecule has 70 valence electrons. The van der Waals surface area contributed by atoms with E-state index in [0.29, 0.717) is 5.92 Å². The highest BCUT2D eigenvalue weighted by atomic mass is 35.5. The van der Waals surface area contributed by atoms with Crippen LogP contribution in [-0.4, -0.2) is 4.98 Å². The minimum atomic E-state index is 0.666. The first-order valence-corrected chi connectivity index (χ1v) is 5.27. The molecule has 0 saturated heterocycles. The summed E-state index contributed by atoms with van der Waals surface area (Å²) in [6.45, 7) is 0. The van der Waals surface area contributed by atoms with Crippen molar-refractivity contribution in [2.45, 2.75) is 18.8 Å². The molecule has 3 rings (SSSR count). The summed E-state index contributed by atoms with van der Waals surface area (Å²) in [5.41, 5.74) is 2.22. The Labute approximate surface area is 87.7 Å². The normalized spacial score (nSPS) is 16.1. The quantitative estimate of drug-likeness (QED) is 0.688. The zero-order chi connectivity index (χ0) is 9.54. The summed E-state index contributed by atoms with van der Waals surface area (Å²) >= 11 is 6.34. The molecule has 1 aliphatic rings. The second-order valence-electron chi connectivity index (χ2n) is 3.82. The minimum absolute atomic E-state index is 0.666. The summed E-state index contributed by atoms with van der Waals surface area (Å²) in [7, 11) is 0. The predicted molar refractivity (Wildman–Crippen MR) is 58.7 cm³/mol. The molecule has 0 atom stereocenters. The first-order chi connectivity index (χ1) is 6.86. The van der Waals surface area contributed by atoms with Crippen LogP contribution in [-0.2, 0) is 0 Å². The van der Waals surface area contributed by atoms with Crippen LogP contribution in [0.25, 0.3) is 10.9 Å². The van der Waals surface area contributed by atoms with E-state index >= 15 is 0 Å². The smallest absolute Gasteiger partial charge is 0.0717 e. The van der Waals surface area contributed by atoms with E-state index < -0.39 is 0 Å². The van der Waals surface area contributed by atoms with Gasteiger partial charge in [0.05, 0.1) is 10.5 Å². The number of para-hydroxylation sites is 1. The molecule has 1 fully saturated rings. The van der Waals surface area contributed by atoms with Gasteiger partial charge in [-0.1, -0.05) is 29.8 Å². The maximum absolute atomic E-state index is 6.34. The van der Waals surface area contributed by atoms with Crippen molar-refractivity contribution < 1.29 is 0 Å². The highest BCUT2D eigenvalue weighted by Gasteiger charge is 2.26. The molecule has 0 spiro atoms. The Morgan fingerprint density at radius 3 is 2.79 bits per heavy atom. The third kappa shape index (κ3) is 1.20. The molecule has 2 heteroatoms. The van der Waals surface area contributed by atoms with Crippen molar-refractivity contribution in [2.75, 3.05) is 0 Å². The van der Waals surface area contributed by atoms with Crippen LogP contribution < -0.4 is 0 Å². The van der Waals surface area contributed by atoms with Crippen LogP contribution in [0.2, 0.25) is 5.02 Å². The highest BCUT2D eigenvalue weighted by molar-refractivity contribution is 6.36. The van der Waals surface area contributed by atoms with E-state index in [1.807, 2.05) is 30.5 Å². The number of fused-ring (bicyclic) bond motifs is 1. The zero-order valence-electron chi connectivity index (χ0n) is 7.70.